The van der Waals surface area contributed by atoms with E-state index in [-0.39, 0.29) is 30.0 Å². The molecule has 1 aliphatic rings. The molecule has 2 atom stereocenters. The fourth-order valence-electron chi connectivity index (χ4n) is 3.85. The number of para-hydroxylation sites is 1. The topological polar surface area (TPSA) is 100 Å². The first kappa shape index (κ1) is 23.9. The maximum absolute atomic E-state index is 12.6. The Morgan fingerprint density at radius 1 is 1.12 bits per heavy atom. The van der Waals surface area contributed by atoms with Crippen LogP contribution in [0.5, 0.6) is 11.5 Å². The van der Waals surface area contributed by atoms with Gasteiger partial charge in [-0.2, -0.15) is 5.26 Å². The molecule has 0 aliphatic heterocycles. The Morgan fingerprint density at radius 2 is 1.88 bits per heavy atom. The molecule has 1 aliphatic carbocycles. The second-order valence-corrected chi connectivity index (χ2v) is 8.12. The van der Waals surface area contributed by atoms with Crippen LogP contribution in [0.15, 0.2) is 54.1 Å². The Labute approximate surface area is 194 Å². The van der Waals surface area contributed by atoms with Gasteiger partial charge in [-0.05, 0) is 54.7 Å². The maximum Gasteiger partial charge on any atom is 0.262 e. The number of ether oxygens (including phenoxy) is 2. The Morgan fingerprint density at radius 3 is 2.58 bits per heavy atom. The molecule has 1 saturated carbocycles. The fraction of sp³-hybridized carbons (Fsp3) is 0.346. The van der Waals surface area contributed by atoms with Crippen molar-refractivity contribution in [2.24, 2.45) is 5.92 Å². The highest BCUT2D eigenvalue weighted by molar-refractivity contribution is 6.02. The fourth-order valence-corrected chi connectivity index (χ4v) is 3.85. The second-order valence-electron chi connectivity index (χ2n) is 8.12. The van der Waals surface area contributed by atoms with Crippen LogP contribution in [0.3, 0.4) is 0 Å². The van der Waals surface area contributed by atoms with Crippen LogP contribution < -0.4 is 20.1 Å². The van der Waals surface area contributed by atoms with Gasteiger partial charge in [-0.3, -0.25) is 9.59 Å². The number of anilines is 1. The first-order chi connectivity index (χ1) is 16.0. The molecule has 0 spiro atoms. The quantitative estimate of drug-likeness (QED) is 0.464. The average Bonchev–Trinajstić information content (AvgIpc) is 2.83. The zero-order valence-electron chi connectivity index (χ0n) is 19.0. The summed E-state index contributed by atoms with van der Waals surface area (Å²) in [5.74, 6) is 0.519. The number of nitrogens with one attached hydrogen (secondary N) is 2. The third-order valence-electron chi connectivity index (χ3n) is 5.71. The van der Waals surface area contributed by atoms with Gasteiger partial charge in [-0.1, -0.05) is 44.0 Å². The summed E-state index contributed by atoms with van der Waals surface area (Å²) in [5, 5.41) is 15.3. The molecular weight excluding hydrogens is 418 g/mol. The summed E-state index contributed by atoms with van der Waals surface area (Å²) in [6.45, 7) is 1.94. The van der Waals surface area contributed by atoms with Crippen LogP contribution in [0.4, 0.5) is 5.69 Å². The molecule has 0 unspecified atom stereocenters. The monoisotopic (exact) mass is 447 g/mol. The van der Waals surface area contributed by atoms with Gasteiger partial charge in [0.1, 0.15) is 11.6 Å². The van der Waals surface area contributed by atoms with Gasteiger partial charge in [0.25, 0.3) is 11.8 Å². The van der Waals surface area contributed by atoms with Crippen molar-refractivity contribution < 1.29 is 19.1 Å². The van der Waals surface area contributed by atoms with E-state index in [1.54, 1.807) is 30.3 Å². The molecule has 0 saturated heterocycles. The number of hydrogen-bond donors (Lipinski definition) is 2. The SMILES string of the molecule is COc1cc(/C=C(\C#N)C(=O)N[C@@H]2CCCC[C@@H]2C)ccc1OCC(=O)Nc1ccccc1. The number of carbonyl (C=O) groups excluding carboxylic acids is 2. The maximum atomic E-state index is 12.6. The standard InChI is InChI=1S/C26H29N3O4/c1-18-8-6-7-11-22(18)29-26(31)20(16-27)14-19-12-13-23(24(15-19)32-2)33-17-25(30)28-21-9-4-3-5-10-21/h3-5,9-10,12-15,18,22H,6-8,11,17H2,1-2H3,(H,28,30)(H,29,31)/b20-14+/t18-,22+/m0/s1. The molecule has 2 N–H and O–H groups in total. The first-order valence-electron chi connectivity index (χ1n) is 11.1. The number of amides is 2. The van der Waals surface area contributed by atoms with Crippen molar-refractivity contribution in [2.45, 2.75) is 38.6 Å². The van der Waals surface area contributed by atoms with E-state index in [9.17, 15) is 14.9 Å². The van der Waals surface area contributed by atoms with Gasteiger partial charge in [-0.25, -0.2) is 0 Å². The highest BCUT2D eigenvalue weighted by atomic mass is 16.5. The van der Waals surface area contributed by atoms with Crippen LogP contribution in [0.2, 0.25) is 0 Å². The van der Waals surface area contributed by atoms with E-state index in [1.165, 1.54) is 19.6 Å². The summed E-state index contributed by atoms with van der Waals surface area (Å²) < 4.78 is 11.0. The van der Waals surface area contributed by atoms with Crippen molar-refractivity contribution in [2.75, 3.05) is 19.0 Å². The largest absolute Gasteiger partial charge is 0.493 e. The number of methoxy groups -OCH3 is 1. The van der Waals surface area contributed by atoms with Gasteiger partial charge in [0.15, 0.2) is 18.1 Å². The van der Waals surface area contributed by atoms with Crippen molar-refractivity contribution >= 4 is 23.6 Å². The zero-order chi connectivity index (χ0) is 23.6. The van der Waals surface area contributed by atoms with Gasteiger partial charge >= 0.3 is 0 Å². The Hall–Kier alpha value is -3.79. The average molecular weight is 448 g/mol. The van der Waals surface area contributed by atoms with Crippen LogP contribution >= 0.6 is 0 Å². The molecule has 2 aromatic rings. The van der Waals surface area contributed by atoms with E-state index >= 15 is 0 Å². The summed E-state index contributed by atoms with van der Waals surface area (Å²) in [6.07, 6.45) is 5.80. The Balaban J connectivity index is 1.64. The molecule has 1 fully saturated rings. The van der Waals surface area contributed by atoms with E-state index in [4.69, 9.17) is 9.47 Å². The Kier molecular flexibility index (Phi) is 8.48. The van der Waals surface area contributed by atoms with Crippen molar-refractivity contribution in [1.82, 2.24) is 5.32 Å². The number of hydrogen-bond acceptors (Lipinski definition) is 5. The summed E-state index contributed by atoms with van der Waals surface area (Å²) in [7, 11) is 1.49. The van der Waals surface area contributed by atoms with E-state index in [2.05, 4.69) is 17.6 Å². The molecule has 172 valence electrons. The lowest BCUT2D eigenvalue weighted by Gasteiger charge is -2.29. The molecule has 7 nitrogen and oxygen atoms in total. The van der Waals surface area contributed by atoms with Crippen LogP contribution in [0, 0.1) is 17.2 Å². The van der Waals surface area contributed by atoms with Crippen molar-refractivity contribution in [3.05, 3.63) is 59.7 Å². The highest BCUT2D eigenvalue weighted by Crippen LogP contribution is 2.29. The van der Waals surface area contributed by atoms with Crippen LogP contribution in [0.1, 0.15) is 38.2 Å². The molecule has 7 heteroatoms. The number of rotatable bonds is 8. The number of carbonyl (C=O) groups is 2. The molecular formula is C26H29N3O4. The highest BCUT2D eigenvalue weighted by Gasteiger charge is 2.24. The van der Waals surface area contributed by atoms with Crippen molar-refractivity contribution in [1.29, 1.82) is 5.26 Å². The van der Waals surface area contributed by atoms with Crippen LogP contribution in [-0.2, 0) is 9.59 Å². The Bertz CT molecular complexity index is 1040. The number of nitrogens with zero attached hydrogens (tertiary/aromatic N) is 1. The van der Waals surface area contributed by atoms with Crippen molar-refractivity contribution in [3.63, 3.8) is 0 Å². The molecule has 33 heavy (non-hydrogen) atoms. The number of benzene rings is 2. The lowest BCUT2D eigenvalue weighted by molar-refractivity contribution is -0.119. The first-order valence-corrected chi connectivity index (χ1v) is 11.1. The summed E-state index contributed by atoms with van der Waals surface area (Å²) >= 11 is 0. The summed E-state index contributed by atoms with van der Waals surface area (Å²) in [6, 6.07) is 16.2. The predicted octanol–water partition coefficient (Wildman–Crippen LogP) is 4.31. The third kappa shape index (κ3) is 6.84. The van der Waals surface area contributed by atoms with E-state index in [1.807, 2.05) is 24.3 Å². The minimum absolute atomic E-state index is 0.0331. The van der Waals surface area contributed by atoms with E-state index in [0.29, 0.717) is 28.7 Å². The minimum Gasteiger partial charge on any atom is -0.493 e. The van der Waals surface area contributed by atoms with E-state index < -0.39 is 0 Å². The molecule has 0 bridgehead atoms. The normalized spacial score (nSPS) is 18.0. The molecule has 2 aromatic carbocycles. The van der Waals surface area contributed by atoms with E-state index in [0.717, 1.165) is 19.3 Å². The molecule has 0 aromatic heterocycles. The second kappa shape index (κ2) is 11.7. The molecule has 0 heterocycles. The smallest absolute Gasteiger partial charge is 0.262 e. The molecule has 0 radical (unpaired) electrons. The lowest BCUT2D eigenvalue weighted by Crippen LogP contribution is -2.41. The van der Waals surface area contributed by atoms with Gasteiger partial charge < -0.3 is 20.1 Å². The van der Waals surface area contributed by atoms with Gasteiger partial charge in [-0.15, -0.1) is 0 Å². The van der Waals surface area contributed by atoms with Crippen LogP contribution in [-0.4, -0.2) is 31.6 Å². The predicted molar refractivity (Wildman–Crippen MR) is 127 cm³/mol. The van der Waals surface area contributed by atoms with Gasteiger partial charge in [0.05, 0.1) is 7.11 Å². The van der Waals surface area contributed by atoms with Crippen LogP contribution in [0.25, 0.3) is 6.08 Å². The molecule has 3 rings (SSSR count). The lowest BCUT2D eigenvalue weighted by atomic mass is 9.86. The summed E-state index contributed by atoms with van der Waals surface area (Å²) in [4.78, 5) is 24.8. The summed E-state index contributed by atoms with van der Waals surface area (Å²) in [5.41, 5.74) is 1.34. The number of nitriles is 1. The third-order valence-corrected chi connectivity index (χ3v) is 5.71. The minimum atomic E-state index is -0.367. The van der Waals surface area contributed by atoms with Gasteiger partial charge in [0.2, 0.25) is 0 Å². The zero-order valence-corrected chi connectivity index (χ0v) is 19.0. The molecule has 2 amide bonds. The van der Waals surface area contributed by atoms with Gasteiger partial charge in [0, 0.05) is 11.7 Å². The van der Waals surface area contributed by atoms with Crippen molar-refractivity contribution in [3.8, 4) is 17.6 Å².